The van der Waals surface area contributed by atoms with Gasteiger partial charge < -0.3 is 24.4 Å². The zero-order valence-electron chi connectivity index (χ0n) is 11.5. The SMILES string of the molecule is COCCN(CCOC)C(=O)N1CC(CC(=O)O)C1. The maximum Gasteiger partial charge on any atom is 0.320 e. The summed E-state index contributed by atoms with van der Waals surface area (Å²) in [5, 5.41) is 8.67. The van der Waals surface area contributed by atoms with Gasteiger partial charge in [0.2, 0.25) is 0 Å². The molecule has 19 heavy (non-hydrogen) atoms. The molecule has 1 aliphatic rings. The first-order chi connectivity index (χ1) is 9.08. The quantitative estimate of drug-likeness (QED) is 0.679. The van der Waals surface area contributed by atoms with Gasteiger partial charge in [-0.3, -0.25) is 4.79 Å². The molecule has 0 spiro atoms. The van der Waals surface area contributed by atoms with Gasteiger partial charge in [-0.05, 0) is 0 Å². The highest BCUT2D eigenvalue weighted by Gasteiger charge is 2.34. The monoisotopic (exact) mass is 274 g/mol. The van der Waals surface area contributed by atoms with Crippen LogP contribution in [0.5, 0.6) is 0 Å². The number of urea groups is 1. The Morgan fingerprint density at radius 3 is 2.16 bits per heavy atom. The standard InChI is InChI=1S/C12H22N2O5/c1-18-5-3-13(4-6-19-2)12(17)14-8-10(9-14)7-11(15)16/h10H,3-9H2,1-2H3,(H,15,16). The lowest BCUT2D eigenvalue weighted by Gasteiger charge is -2.41. The number of rotatable bonds is 8. The summed E-state index contributed by atoms with van der Waals surface area (Å²) in [6.07, 6.45) is 0.125. The molecule has 1 aliphatic heterocycles. The second-order valence-electron chi connectivity index (χ2n) is 4.62. The number of amides is 2. The van der Waals surface area contributed by atoms with Crippen molar-refractivity contribution in [3.8, 4) is 0 Å². The lowest BCUT2D eigenvalue weighted by Crippen LogP contribution is -2.56. The van der Waals surface area contributed by atoms with E-state index in [1.807, 2.05) is 0 Å². The van der Waals surface area contributed by atoms with Crippen molar-refractivity contribution in [2.24, 2.45) is 5.92 Å². The molecule has 1 rings (SSSR count). The molecule has 0 saturated carbocycles. The van der Waals surface area contributed by atoms with Gasteiger partial charge in [0.25, 0.3) is 0 Å². The number of aliphatic carboxylic acids is 1. The smallest absolute Gasteiger partial charge is 0.320 e. The summed E-state index contributed by atoms with van der Waals surface area (Å²) >= 11 is 0. The van der Waals surface area contributed by atoms with Crippen LogP contribution in [0.25, 0.3) is 0 Å². The maximum atomic E-state index is 12.2. The van der Waals surface area contributed by atoms with Crippen LogP contribution in [0.2, 0.25) is 0 Å². The van der Waals surface area contributed by atoms with Crippen LogP contribution >= 0.6 is 0 Å². The van der Waals surface area contributed by atoms with Gasteiger partial charge in [-0.25, -0.2) is 4.79 Å². The highest BCUT2D eigenvalue weighted by Crippen LogP contribution is 2.20. The molecule has 1 saturated heterocycles. The van der Waals surface area contributed by atoms with Gasteiger partial charge >= 0.3 is 12.0 Å². The van der Waals surface area contributed by atoms with E-state index in [4.69, 9.17) is 14.6 Å². The molecular formula is C12H22N2O5. The van der Waals surface area contributed by atoms with Crippen molar-refractivity contribution < 1.29 is 24.2 Å². The Balaban J connectivity index is 2.37. The highest BCUT2D eigenvalue weighted by molar-refractivity contribution is 5.76. The zero-order valence-corrected chi connectivity index (χ0v) is 11.5. The average molecular weight is 274 g/mol. The summed E-state index contributed by atoms with van der Waals surface area (Å²) in [5.41, 5.74) is 0. The molecule has 110 valence electrons. The minimum atomic E-state index is -0.812. The summed E-state index contributed by atoms with van der Waals surface area (Å²) in [7, 11) is 3.18. The highest BCUT2D eigenvalue weighted by atomic mass is 16.5. The molecule has 0 radical (unpaired) electrons. The first-order valence-electron chi connectivity index (χ1n) is 6.32. The second-order valence-corrected chi connectivity index (χ2v) is 4.62. The minimum absolute atomic E-state index is 0.0734. The summed E-state index contributed by atoms with van der Waals surface area (Å²) in [6.45, 7) is 3.00. The maximum absolute atomic E-state index is 12.2. The predicted molar refractivity (Wildman–Crippen MR) is 68.0 cm³/mol. The number of carboxylic acid groups (broad SMARTS) is 1. The van der Waals surface area contributed by atoms with Crippen molar-refractivity contribution in [1.82, 2.24) is 9.80 Å². The van der Waals surface area contributed by atoms with E-state index >= 15 is 0 Å². The number of methoxy groups -OCH3 is 2. The molecule has 0 aromatic rings. The van der Waals surface area contributed by atoms with Gasteiger partial charge in [-0.15, -0.1) is 0 Å². The molecule has 0 aromatic carbocycles. The molecule has 7 nitrogen and oxygen atoms in total. The average Bonchev–Trinajstić information content (AvgIpc) is 2.32. The van der Waals surface area contributed by atoms with Crippen molar-refractivity contribution in [2.75, 3.05) is 53.6 Å². The molecule has 0 unspecified atom stereocenters. The normalized spacial score (nSPS) is 15.2. The van der Waals surface area contributed by atoms with Crippen molar-refractivity contribution in [1.29, 1.82) is 0 Å². The van der Waals surface area contributed by atoms with Crippen LogP contribution < -0.4 is 0 Å². The van der Waals surface area contributed by atoms with Gasteiger partial charge in [0.1, 0.15) is 0 Å². The van der Waals surface area contributed by atoms with E-state index in [0.29, 0.717) is 39.4 Å². The van der Waals surface area contributed by atoms with E-state index in [0.717, 1.165) is 0 Å². The number of carbonyl (C=O) groups is 2. The number of ether oxygens (including phenoxy) is 2. The third kappa shape index (κ3) is 5.04. The van der Waals surface area contributed by atoms with Crippen molar-refractivity contribution in [3.05, 3.63) is 0 Å². The van der Waals surface area contributed by atoms with Crippen LogP contribution in [0.15, 0.2) is 0 Å². The Labute approximate surface area is 113 Å². The first kappa shape index (κ1) is 15.7. The third-order valence-corrected chi connectivity index (χ3v) is 3.09. The summed E-state index contributed by atoms with van der Waals surface area (Å²) in [5.74, 6) is -0.735. The molecule has 1 N–H and O–H groups in total. The Kier molecular flexibility index (Phi) is 6.58. The molecule has 1 fully saturated rings. The molecule has 7 heteroatoms. The van der Waals surface area contributed by atoms with Crippen molar-refractivity contribution in [3.63, 3.8) is 0 Å². The van der Waals surface area contributed by atoms with Gasteiger partial charge in [0, 0.05) is 46.3 Å². The van der Waals surface area contributed by atoms with E-state index in [-0.39, 0.29) is 18.4 Å². The topological polar surface area (TPSA) is 79.3 Å². The van der Waals surface area contributed by atoms with E-state index in [9.17, 15) is 9.59 Å². The Hall–Kier alpha value is -1.34. The Morgan fingerprint density at radius 1 is 1.21 bits per heavy atom. The molecule has 0 bridgehead atoms. The molecule has 0 aromatic heterocycles. The van der Waals surface area contributed by atoms with Gasteiger partial charge in [-0.1, -0.05) is 0 Å². The van der Waals surface area contributed by atoms with Crippen molar-refractivity contribution in [2.45, 2.75) is 6.42 Å². The lowest BCUT2D eigenvalue weighted by atomic mass is 9.97. The van der Waals surface area contributed by atoms with Gasteiger partial charge in [0.05, 0.1) is 19.6 Å². The largest absolute Gasteiger partial charge is 0.481 e. The second kappa shape index (κ2) is 7.96. The zero-order chi connectivity index (χ0) is 14.3. The molecule has 0 aliphatic carbocycles. The van der Waals surface area contributed by atoms with E-state index < -0.39 is 5.97 Å². The fourth-order valence-electron chi connectivity index (χ4n) is 2.01. The van der Waals surface area contributed by atoms with Crippen LogP contribution in [0.3, 0.4) is 0 Å². The van der Waals surface area contributed by atoms with Crippen LogP contribution in [0, 0.1) is 5.92 Å². The fraction of sp³-hybridized carbons (Fsp3) is 0.833. The van der Waals surface area contributed by atoms with E-state index in [1.165, 1.54) is 0 Å². The summed E-state index contributed by atoms with van der Waals surface area (Å²) in [6, 6.07) is -0.0734. The number of likely N-dealkylation sites (tertiary alicyclic amines) is 1. The van der Waals surface area contributed by atoms with Crippen LogP contribution in [-0.2, 0) is 14.3 Å². The third-order valence-electron chi connectivity index (χ3n) is 3.09. The molecule has 0 atom stereocenters. The number of nitrogens with zero attached hydrogens (tertiary/aromatic N) is 2. The molecule has 1 heterocycles. The van der Waals surface area contributed by atoms with Gasteiger partial charge in [-0.2, -0.15) is 0 Å². The summed E-state index contributed by atoms with van der Waals surface area (Å²) in [4.78, 5) is 26.0. The number of carbonyl (C=O) groups excluding carboxylic acids is 1. The molecule has 2 amide bonds. The van der Waals surface area contributed by atoms with E-state index in [1.54, 1.807) is 24.0 Å². The fourth-order valence-corrected chi connectivity index (χ4v) is 2.01. The van der Waals surface area contributed by atoms with Crippen LogP contribution in [0.1, 0.15) is 6.42 Å². The molecular weight excluding hydrogens is 252 g/mol. The Bertz CT molecular complexity index is 296. The number of carboxylic acids is 1. The van der Waals surface area contributed by atoms with Crippen LogP contribution in [-0.4, -0.2) is 80.5 Å². The van der Waals surface area contributed by atoms with Crippen LogP contribution in [0.4, 0.5) is 4.79 Å². The summed E-state index contributed by atoms with van der Waals surface area (Å²) < 4.78 is 9.95. The number of hydrogen-bond donors (Lipinski definition) is 1. The number of hydrogen-bond acceptors (Lipinski definition) is 4. The minimum Gasteiger partial charge on any atom is -0.481 e. The van der Waals surface area contributed by atoms with E-state index in [2.05, 4.69) is 0 Å². The van der Waals surface area contributed by atoms with Gasteiger partial charge in [0.15, 0.2) is 0 Å². The first-order valence-corrected chi connectivity index (χ1v) is 6.32. The Morgan fingerprint density at radius 2 is 1.74 bits per heavy atom. The van der Waals surface area contributed by atoms with Crippen molar-refractivity contribution >= 4 is 12.0 Å². The predicted octanol–water partition coefficient (Wildman–Crippen LogP) is 0.108. The lowest BCUT2D eigenvalue weighted by molar-refractivity contribution is -0.139.